The normalized spacial score (nSPS) is 11.9. The smallest absolute Gasteiger partial charge is 0.326 e. The monoisotopic (exact) mass is 921 g/mol. The van der Waals surface area contributed by atoms with E-state index in [4.69, 9.17) is 44.1 Å². The highest BCUT2D eigenvalue weighted by Gasteiger charge is 2.22. The van der Waals surface area contributed by atoms with Crippen LogP contribution in [0.3, 0.4) is 0 Å². The number of fused-ring (bicyclic) bond motifs is 1. The van der Waals surface area contributed by atoms with E-state index in [0.29, 0.717) is 51.7 Å². The van der Waals surface area contributed by atoms with Crippen molar-refractivity contribution in [3.63, 3.8) is 0 Å². The van der Waals surface area contributed by atoms with Crippen LogP contribution >= 0.6 is 11.6 Å². The molecule has 19 nitrogen and oxygen atoms in total. The van der Waals surface area contributed by atoms with Crippen LogP contribution in [-0.4, -0.2) is 95.6 Å². The Labute approximate surface area is 383 Å². The lowest BCUT2D eigenvalue weighted by atomic mass is 9.96. The number of carboxylic acids is 4. The molecule has 0 spiro atoms. The van der Waals surface area contributed by atoms with Gasteiger partial charge in [-0.05, 0) is 73.5 Å². The number of halogens is 1. The summed E-state index contributed by atoms with van der Waals surface area (Å²) in [6.45, 7) is 2.30. The number of aliphatic carboxylic acids is 4. The van der Waals surface area contributed by atoms with Gasteiger partial charge in [-0.25, -0.2) is 14.8 Å². The number of nitrogen functional groups attached to an aromatic ring is 2. The van der Waals surface area contributed by atoms with Gasteiger partial charge in [-0.2, -0.15) is 9.97 Å². The van der Waals surface area contributed by atoms with Gasteiger partial charge in [-0.1, -0.05) is 72.3 Å². The van der Waals surface area contributed by atoms with Gasteiger partial charge < -0.3 is 47.8 Å². The molecule has 0 radical (unpaired) electrons. The molecule has 3 atom stereocenters. The number of carbonyl (C=O) groups is 6. The van der Waals surface area contributed by atoms with Gasteiger partial charge >= 0.3 is 23.9 Å². The number of carbonyl (C=O) groups excluding carboxylic acids is 2. The minimum Gasteiger partial charge on any atom is -0.481 e. The quantitative estimate of drug-likeness (QED) is 0.0543. The van der Waals surface area contributed by atoms with Crippen LogP contribution in [-0.2, 0) is 25.7 Å². The average molecular weight is 922 g/mol. The van der Waals surface area contributed by atoms with Gasteiger partial charge in [0.25, 0.3) is 5.91 Å². The number of anilines is 3. The lowest BCUT2D eigenvalue weighted by molar-refractivity contribution is -0.141. The number of hydrogen-bond acceptors (Lipinski definition) is 14. The summed E-state index contributed by atoms with van der Waals surface area (Å²) in [7, 11) is 1.82. The second kappa shape index (κ2) is 24.1. The first-order chi connectivity index (χ1) is 31.4. The molecule has 0 aliphatic heterocycles. The van der Waals surface area contributed by atoms with E-state index in [1.807, 2.05) is 30.1 Å². The molecule has 2 unspecified atom stereocenters. The molecule has 4 aromatic carbocycles. The Morgan fingerprint density at radius 2 is 1.39 bits per heavy atom. The SMILES string of the molecule is CC(C(=O)O)c1cccc(C(=O)c2ccccc2)c1.CN(Cc1cnc2nc(N)nc(N)c2n1)c1ccc(C(=O)N[C@@H](CCC(=O)O)C(=O)O)cc1.NCC(CC(=O)O)c1ccc(Cl)cc1. The van der Waals surface area contributed by atoms with Crippen LogP contribution in [0.15, 0.2) is 109 Å². The number of amides is 1. The number of nitrogens with zero attached hydrogens (tertiary/aromatic N) is 5. The molecule has 2 heterocycles. The highest BCUT2D eigenvalue weighted by molar-refractivity contribution is 6.30. The van der Waals surface area contributed by atoms with Crippen LogP contribution < -0.4 is 27.4 Å². The Hall–Kier alpha value is -8.03. The van der Waals surface area contributed by atoms with Gasteiger partial charge in [-0.15, -0.1) is 0 Å². The number of carboxylic acid groups (broad SMARTS) is 4. The Bertz CT molecular complexity index is 2660. The van der Waals surface area contributed by atoms with Gasteiger partial charge in [0, 0.05) is 46.8 Å². The van der Waals surface area contributed by atoms with E-state index in [1.165, 1.54) is 12.1 Å². The van der Waals surface area contributed by atoms with E-state index < -0.39 is 41.7 Å². The summed E-state index contributed by atoms with van der Waals surface area (Å²) in [5, 5.41) is 38.5. The van der Waals surface area contributed by atoms with Crippen molar-refractivity contribution in [2.75, 3.05) is 30.0 Å². The number of benzene rings is 4. The Balaban J connectivity index is 0.000000242. The maximum atomic E-state index is 12.4. The van der Waals surface area contributed by atoms with E-state index in [2.05, 4.69) is 25.3 Å². The van der Waals surface area contributed by atoms with Crippen LogP contribution in [0, 0.1) is 0 Å². The molecule has 11 N–H and O–H groups in total. The summed E-state index contributed by atoms with van der Waals surface area (Å²) in [4.78, 5) is 86.4. The first-order valence-electron chi connectivity index (χ1n) is 20.1. The molecule has 6 aromatic rings. The largest absolute Gasteiger partial charge is 0.481 e. The average Bonchev–Trinajstić information content (AvgIpc) is 3.30. The predicted octanol–water partition coefficient (Wildman–Crippen LogP) is 5.23. The maximum absolute atomic E-state index is 12.4. The first kappa shape index (κ1) is 50.6. The second-order valence-corrected chi connectivity index (χ2v) is 15.1. The topological polar surface area (TPSA) is 328 Å². The van der Waals surface area contributed by atoms with Crippen LogP contribution in [0.25, 0.3) is 11.2 Å². The zero-order valence-electron chi connectivity index (χ0n) is 35.7. The summed E-state index contributed by atoms with van der Waals surface area (Å²) >= 11 is 5.72. The Kier molecular flexibility index (Phi) is 18.5. The van der Waals surface area contributed by atoms with E-state index >= 15 is 0 Å². The van der Waals surface area contributed by atoms with Crippen LogP contribution in [0.1, 0.15) is 81.1 Å². The van der Waals surface area contributed by atoms with E-state index in [0.717, 1.165) is 11.3 Å². The minimum atomic E-state index is -1.30. The van der Waals surface area contributed by atoms with Gasteiger partial charge in [0.05, 0.1) is 30.8 Å². The second-order valence-electron chi connectivity index (χ2n) is 14.7. The molecule has 0 bridgehead atoms. The highest BCUT2D eigenvalue weighted by Crippen LogP contribution is 2.22. The minimum absolute atomic E-state index is 0.0138. The third-order valence-electron chi connectivity index (χ3n) is 9.82. The van der Waals surface area contributed by atoms with E-state index in [-0.39, 0.29) is 48.3 Å². The van der Waals surface area contributed by atoms with Crippen molar-refractivity contribution >= 4 is 75.8 Å². The van der Waals surface area contributed by atoms with Crippen LogP contribution in [0.5, 0.6) is 0 Å². The fraction of sp³-hybridized carbons (Fsp3) is 0.217. The zero-order valence-corrected chi connectivity index (χ0v) is 36.5. The number of hydrogen-bond donors (Lipinski definition) is 8. The number of nitrogens with one attached hydrogen (secondary N) is 1. The van der Waals surface area contributed by atoms with Crippen molar-refractivity contribution in [1.82, 2.24) is 25.3 Å². The van der Waals surface area contributed by atoms with Crippen molar-refractivity contribution in [3.8, 4) is 0 Å². The van der Waals surface area contributed by atoms with Gasteiger partial charge in [0.2, 0.25) is 5.95 Å². The zero-order chi connectivity index (χ0) is 48.5. The summed E-state index contributed by atoms with van der Waals surface area (Å²) < 4.78 is 0. The van der Waals surface area contributed by atoms with E-state index in [9.17, 15) is 33.9 Å². The fourth-order valence-corrected chi connectivity index (χ4v) is 6.28. The maximum Gasteiger partial charge on any atom is 0.326 e. The number of nitrogens with two attached hydrogens (primary N) is 3. The molecule has 0 aliphatic carbocycles. The van der Waals surface area contributed by atoms with Crippen molar-refractivity contribution in [1.29, 1.82) is 0 Å². The number of ketones is 1. The molecular weight excluding hydrogens is 874 g/mol. The lowest BCUT2D eigenvalue weighted by Gasteiger charge is -2.19. The molecule has 20 heteroatoms. The van der Waals surface area contributed by atoms with Crippen molar-refractivity contribution in [2.24, 2.45) is 5.73 Å². The summed E-state index contributed by atoms with van der Waals surface area (Å²) in [5.74, 6) is -5.50. The highest BCUT2D eigenvalue weighted by atomic mass is 35.5. The summed E-state index contributed by atoms with van der Waals surface area (Å²) in [6, 6.07) is 28.0. The van der Waals surface area contributed by atoms with Crippen molar-refractivity contribution in [3.05, 3.63) is 148 Å². The molecule has 0 saturated heterocycles. The standard InChI is InChI=1S/C20H22N8O5.C16H14O3.C10H12ClNO2/c1-28(9-11-8-23-17-15(24-11)16(21)26-20(22)27-17)12-4-2-10(3-5-12)18(31)25-13(19(32)33)6-7-14(29)30;1-11(16(18)19)13-8-5-9-14(10-13)15(17)12-6-3-2-4-7-12;11-9-3-1-7(2-4-9)8(6-12)5-10(13)14/h2-5,8,13H,6-7,9H2,1H3,(H,25,31)(H,29,30)(H,32,33)(H4,21,22,23,26,27);2-11H,1H3,(H,18,19);1-4,8H,5-6,12H2,(H,13,14)/t13-;;/m0../s1. The summed E-state index contributed by atoms with van der Waals surface area (Å²) in [5.41, 5.74) is 21.8. The molecule has 0 aliphatic rings. The van der Waals surface area contributed by atoms with E-state index in [1.54, 1.807) is 85.9 Å². The van der Waals surface area contributed by atoms with Crippen LogP contribution in [0.2, 0.25) is 5.02 Å². The van der Waals surface area contributed by atoms with Crippen LogP contribution in [0.4, 0.5) is 17.5 Å². The van der Waals surface area contributed by atoms with Gasteiger partial charge in [-0.3, -0.25) is 24.0 Å². The van der Waals surface area contributed by atoms with Crippen molar-refractivity contribution < 1.29 is 49.2 Å². The number of aromatic nitrogens is 4. The first-order valence-corrected chi connectivity index (χ1v) is 20.5. The molecule has 66 heavy (non-hydrogen) atoms. The molecule has 1 amide bonds. The Morgan fingerprint density at radius 3 is 1.98 bits per heavy atom. The molecule has 2 aromatic heterocycles. The predicted molar refractivity (Wildman–Crippen MR) is 246 cm³/mol. The molecular formula is C46H48ClN9O10. The van der Waals surface area contributed by atoms with Gasteiger partial charge in [0.15, 0.2) is 22.8 Å². The van der Waals surface area contributed by atoms with Gasteiger partial charge in [0.1, 0.15) is 6.04 Å². The Morgan fingerprint density at radius 1 is 0.742 bits per heavy atom. The third kappa shape index (κ3) is 15.1. The number of rotatable bonds is 17. The molecule has 0 saturated carbocycles. The lowest BCUT2D eigenvalue weighted by Crippen LogP contribution is -2.41. The third-order valence-corrected chi connectivity index (χ3v) is 10.1. The summed E-state index contributed by atoms with van der Waals surface area (Å²) in [6.07, 6.45) is 1.02. The molecule has 0 fully saturated rings. The van der Waals surface area contributed by atoms with Crippen molar-refractivity contribution in [2.45, 2.75) is 50.6 Å². The molecule has 6 rings (SSSR count). The fourth-order valence-electron chi connectivity index (χ4n) is 6.16. The molecule has 344 valence electrons.